The number of carbonyl (C=O) groups excluding carboxylic acids is 2. The van der Waals surface area contributed by atoms with E-state index in [-0.39, 0.29) is 23.5 Å². The Morgan fingerprint density at radius 3 is 2.89 bits per heavy atom. The van der Waals surface area contributed by atoms with Crippen LogP contribution in [0.25, 0.3) is 0 Å². The molecule has 1 unspecified atom stereocenters. The van der Waals surface area contributed by atoms with Gasteiger partial charge in [0, 0.05) is 28.9 Å². The van der Waals surface area contributed by atoms with E-state index in [1.165, 1.54) is 11.3 Å². The van der Waals surface area contributed by atoms with Gasteiger partial charge in [0.25, 0.3) is 0 Å². The van der Waals surface area contributed by atoms with Gasteiger partial charge in [-0.15, -0.1) is 11.3 Å². The van der Waals surface area contributed by atoms with Crippen molar-refractivity contribution in [1.82, 2.24) is 10.3 Å². The highest BCUT2D eigenvalue weighted by molar-refractivity contribution is 8.03. The van der Waals surface area contributed by atoms with Gasteiger partial charge in [-0.2, -0.15) is 5.26 Å². The van der Waals surface area contributed by atoms with E-state index in [1.807, 2.05) is 12.1 Å². The van der Waals surface area contributed by atoms with Crippen molar-refractivity contribution in [3.05, 3.63) is 57.0 Å². The summed E-state index contributed by atoms with van der Waals surface area (Å²) < 4.78 is 0. The van der Waals surface area contributed by atoms with Crippen molar-refractivity contribution in [2.24, 2.45) is 0 Å². The van der Waals surface area contributed by atoms with E-state index in [0.717, 1.165) is 17.3 Å². The van der Waals surface area contributed by atoms with E-state index in [0.29, 0.717) is 33.6 Å². The average Bonchev–Trinajstić information content (AvgIpc) is 3.10. The summed E-state index contributed by atoms with van der Waals surface area (Å²) in [7, 11) is 0. The predicted octanol–water partition coefficient (Wildman–Crippen LogP) is 3.90. The molecule has 1 aliphatic heterocycles. The van der Waals surface area contributed by atoms with Gasteiger partial charge in [0.2, 0.25) is 11.8 Å². The van der Waals surface area contributed by atoms with E-state index < -0.39 is 0 Å². The molecule has 9 heteroatoms. The molecule has 6 nitrogen and oxygen atoms in total. The lowest BCUT2D eigenvalue weighted by atomic mass is 9.89. The van der Waals surface area contributed by atoms with Gasteiger partial charge in [-0.05, 0) is 24.1 Å². The smallest absolute Gasteiger partial charge is 0.236 e. The Bertz CT molecular complexity index is 904. The lowest BCUT2D eigenvalue weighted by molar-refractivity contribution is -0.120. The van der Waals surface area contributed by atoms with Gasteiger partial charge < -0.3 is 10.6 Å². The number of carbonyl (C=O) groups is 2. The SMILES string of the molecule is N#CC1=C(SCC(=O)Nc2nccs2)NC(=O)CCC1c1ccc(Cl)cc1. The summed E-state index contributed by atoms with van der Waals surface area (Å²) in [6, 6.07) is 9.46. The zero-order chi connectivity index (χ0) is 19.2. The molecule has 1 aromatic carbocycles. The molecule has 138 valence electrons. The molecule has 0 aliphatic carbocycles. The predicted molar refractivity (Wildman–Crippen MR) is 107 cm³/mol. The summed E-state index contributed by atoms with van der Waals surface area (Å²) in [6.07, 6.45) is 2.42. The summed E-state index contributed by atoms with van der Waals surface area (Å²) in [5.41, 5.74) is 1.37. The highest BCUT2D eigenvalue weighted by Crippen LogP contribution is 2.36. The van der Waals surface area contributed by atoms with Crippen molar-refractivity contribution >= 4 is 51.6 Å². The molecule has 0 fully saturated rings. The quantitative estimate of drug-likeness (QED) is 0.767. The number of thioether (sulfide) groups is 1. The van der Waals surface area contributed by atoms with Crippen LogP contribution in [0.3, 0.4) is 0 Å². The molecule has 1 aliphatic rings. The van der Waals surface area contributed by atoms with Crippen LogP contribution in [0.15, 0.2) is 46.4 Å². The molecule has 0 saturated heterocycles. The lowest BCUT2D eigenvalue weighted by Crippen LogP contribution is -2.22. The van der Waals surface area contributed by atoms with Gasteiger partial charge >= 0.3 is 0 Å². The van der Waals surface area contributed by atoms with Gasteiger partial charge in [0.15, 0.2) is 5.13 Å². The van der Waals surface area contributed by atoms with E-state index in [2.05, 4.69) is 21.7 Å². The first-order chi connectivity index (χ1) is 13.1. The fraction of sp³-hybridized carbons (Fsp3) is 0.222. The molecule has 3 rings (SSSR count). The maximum absolute atomic E-state index is 12.1. The monoisotopic (exact) mass is 418 g/mol. The van der Waals surface area contributed by atoms with Crippen molar-refractivity contribution in [2.75, 3.05) is 11.1 Å². The van der Waals surface area contributed by atoms with E-state index in [4.69, 9.17) is 11.6 Å². The fourth-order valence-electron chi connectivity index (χ4n) is 2.68. The second kappa shape index (κ2) is 9.04. The van der Waals surface area contributed by atoms with Crippen LogP contribution in [0, 0.1) is 11.3 Å². The highest BCUT2D eigenvalue weighted by atomic mass is 35.5. The molecule has 0 bridgehead atoms. The number of hydrogen-bond donors (Lipinski definition) is 2. The molecule has 1 aromatic heterocycles. The molecule has 0 spiro atoms. The number of halogens is 1. The maximum atomic E-state index is 12.1. The number of nitrogens with one attached hydrogen (secondary N) is 2. The topological polar surface area (TPSA) is 94.9 Å². The molecule has 2 N–H and O–H groups in total. The van der Waals surface area contributed by atoms with Crippen molar-refractivity contribution in [2.45, 2.75) is 18.8 Å². The Morgan fingerprint density at radius 1 is 1.44 bits per heavy atom. The second-order valence-corrected chi connectivity index (χ2v) is 8.04. The highest BCUT2D eigenvalue weighted by Gasteiger charge is 2.27. The third-order valence-electron chi connectivity index (χ3n) is 3.93. The largest absolute Gasteiger partial charge is 0.320 e. The number of hydrogen-bond acceptors (Lipinski definition) is 6. The first-order valence-corrected chi connectivity index (χ1v) is 10.3. The first kappa shape index (κ1) is 19.4. The molecule has 2 amide bonds. The van der Waals surface area contributed by atoms with Crippen LogP contribution >= 0.6 is 34.7 Å². The summed E-state index contributed by atoms with van der Waals surface area (Å²) in [4.78, 5) is 28.2. The summed E-state index contributed by atoms with van der Waals surface area (Å²) in [6.45, 7) is 0. The number of nitrogens with zero attached hydrogens (tertiary/aromatic N) is 2. The van der Waals surface area contributed by atoms with Crippen LogP contribution in [0.2, 0.25) is 5.02 Å². The average molecular weight is 419 g/mol. The molecular weight excluding hydrogens is 404 g/mol. The molecule has 27 heavy (non-hydrogen) atoms. The van der Waals surface area contributed by atoms with E-state index >= 15 is 0 Å². The van der Waals surface area contributed by atoms with Gasteiger partial charge in [-0.3, -0.25) is 9.59 Å². The zero-order valence-corrected chi connectivity index (χ0v) is 16.5. The normalized spacial score (nSPS) is 17.0. The Balaban J connectivity index is 1.80. The Kier molecular flexibility index (Phi) is 6.50. The zero-order valence-electron chi connectivity index (χ0n) is 14.1. The molecule has 0 saturated carbocycles. The van der Waals surface area contributed by atoms with Crippen molar-refractivity contribution < 1.29 is 9.59 Å². The van der Waals surface area contributed by atoms with Gasteiger partial charge in [0.05, 0.1) is 22.4 Å². The fourth-order valence-corrected chi connectivity index (χ4v) is 4.23. The van der Waals surface area contributed by atoms with Crippen LogP contribution in [0.1, 0.15) is 24.3 Å². The molecule has 1 atom stereocenters. The number of aromatic nitrogens is 1. The number of thiazole rings is 1. The van der Waals surface area contributed by atoms with Crippen molar-refractivity contribution in [1.29, 1.82) is 5.26 Å². The number of allylic oxidation sites excluding steroid dienone is 1. The number of anilines is 1. The molecular formula is C18H15ClN4O2S2. The Labute approximate surface area is 169 Å². The maximum Gasteiger partial charge on any atom is 0.236 e. The van der Waals surface area contributed by atoms with Gasteiger partial charge in [0.1, 0.15) is 0 Å². The number of amides is 2. The molecule has 0 radical (unpaired) electrons. The molecule has 2 heterocycles. The van der Waals surface area contributed by atoms with Crippen LogP contribution in [-0.4, -0.2) is 22.6 Å². The third kappa shape index (κ3) is 5.10. The minimum atomic E-state index is -0.249. The first-order valence-electron chi connectivity index (χ1n) is 8.08. The minimum absolute atomic E-state index is 0.0632. The third-order valence-corrected chi connectivity index (χ3v) is 5.88. The summed E-state index contributed by atoms with van der Waals surface area (Å²) in [5.74, 6) is -0.577. The standard InChI is InChI=1S/C18H15ClN4O2S2/c19-12-3-1-11(2-4-12)13-5-6-15(24)22-17(14(13)9-20)27-10-16(25)23-18-21-7-8-26-18/h1-4,7-8,13H,5-6,10H2,(H,22,24)(H,21,23,25). The van der Waals surface area contributed by atoms with E-state index in [9.17, 15) is 14.9 Å². The number of nitriles is 1. The minimum Gasteiger partial charge on any atom is -0.320 e. The number of rotatable bonds is 5. The number of benzene rings is 1. The van der Waals surface area contributed by atoms with Crippen LogP contribution in [0.4, 0.5) is 5.13 Å². The summed E-state index contributed by atoms with van der Waals surface area (Å²) in [5, 5.41) is 18.5. The van der Waals surface area contributed by atoms with Crippen LogP contribution in [-0.2, 0) is 9.59 Å². The Morgan fingerprint density at radius 2 is 2.22 bits per heavy atom. The lowest BCUT2D eigenvalue weighted by Gasteiger charge is -2.16. The second-order valence-electron chi connectivity index (χ2n) is 5.72. The molecule has 2 aromatic rings. The van der Waals surface area contributed by atoms with E-state index in [1.54, 1.807) is 23.7 Å². The Hall–Kier alpha value is -2.34. The van der Waals surface area contributed by atoms with Crippen LogP contribution in [0.5, 0.6) is 0 Å². The van der Waals surface area contributed by atoms with Gasteiger partial charge in [-0.1, -0.05) is 35.5 Å². The van der Waals surface area contributed by atoms with Crippen LogP contribution < -0.4 is 10.6 Å². The summed E-state index contributed by atoms with van der Waals surface area (Å²) >= 11 is 8.42. The van der Waals surface area contributed by atoms with Gasteiger partial charge in [-0.25, -0.2) is 4.98 Å². The van der Waals surface area contributed by atoms with Crippen molar-refractivity contribution in [3.63, 3.8) is 0 Å². The van der Waals surface area contributed by atoms with Crippen molar-refractivity contribution in [3.8, 4) is 6.07 Å².